The van der Waals surface area contributed by atoms with Crippen LogP contribution in [-0.2, 0) is 0 Å². The van der Waals surface area contributed by atoms with Gasteiger partial charge in [-0.15, -0.1) is 0 Å². The molecule has 1 aromatic carbocycles. The molecule has 0 radical (unpaired) electrons. The summed E-state index contributed by atoms with van der Waals surface area (Å²) in [6.07, 6.45) is 1.45. The Morgan fingerprint density at radius 3 is 2.81 bits per heavy atom. The van der Waals surface area contributed by atoms with Crippen LogP contribution in [0.1, 0.15) is 24.2 Å². The Kier molecular flexibility index (Phi) is 5.62. The number of rotatable bonds is 5. The number of benzene rings is 1. The van der Waals surface area contributed by atoms with Crippen LogP contribution in [-0.4, -0.2) is 34.5 Å². The third kappa shape index (κ3) is 4.66. The van der Waals surface area contributed by atoms with E-state index in [4.69, 9.17) is 9.47 Å². The van der Waals surface area contributed by atoms with Crippen LogP contribution in [0.2, 0.25) is 0 Å². The number of thioether (sulfide) groups is 1. The second kappa shape index (κ2) is 8.09. The molecule has 0 bridgehead atoms. The van der Waals surface area contributed by atoms with Crippen LogP contribution in [0.4, 0.5) is 0 Å². The molecule has 2 aromatic rings. The first kappa shape index (κ1) is 18.1. The second-order valence-electron chi connectivity index (χ2n) is 5.81. The number of carbonyl (C=O) groups excluding carboxylic acids is 1. The molecule has 136 valence electrons. The fourth-order valence-corrected chi connectivity index (χ4v) is 3.02. The van der Waals surface area contributed by atoms with Crippen molar-refractivity contribution in [3.8, 4) is 17.2 Å². The number of nitrogens with zero attached hydrogens (tertiary/aromatic N) is 1. The summed E-state index contributed by atoms with van der Waals surface area (Å²) in [4.78, 5) is 31.1. The fourth-order valence-electron chi connectivity index (χ4n) is 2.30. The van der Waals surface area contributed by atoms with Gasteiger partial charge in [0.15, 0.2) is 10.9 Å². The molecule has 0 unspecified atom stereocenters. The van der Waals surface area contributed by atoms with Crippen LogP contribution in [0.3, 0.4) is 0 Å². The molecule has 0 spiro atoms. The molecule has 2 heterocycles. The lowest BCUT2D eigenvalue weighted by atomic mass is 10.2. The lowest BCUT2D eigenvalue weighted by Gasteiger charge is -2.14. The highest BCUT2D eigenvalue weighted by Crippen LogP contribution is 2.27. The molecule has 8 heteroatoms. The van der Waals surface area contributed by atoms with Crippen molar-refractivity contribution in [1.82, 2.24) is 10.3 Å². The third-order valence-corrected chi connectivity index (χ3v) is 4.22. The van der Waals surface area contributed by atoms with Crippen LogP contribution in [0, 0.1) is 0 Å². The molecule has 26 heavy (non-hydrogen) atoms. The van der Waals surface area contributed by atoms with E-state index in [9.17, 15) is 9.59 Å². The normalized spacial score (nSPS) is 13.4. The smallest absolute Gasteiger partial charge is 0.290 e. The van der Waals surface area contributed by atoms with Gasteiger partial charge >= 0.3 is 0 Å². The Labute approximate surface area is 154 Å². The molecule has 2 N–H and O–H groups in total. The van der Waals surface area contributed by atoms with E-state index in [1.807, 2.05) is 13.8 Å². The average molecular weight is 373 g/mol. The van der Waals surface area contributed by atoms with E-state index in [0.717, 1.165) is 5.75 Å². The predicted molar refractivity (Wildman–Crippen MR) is 102 cm³/mol. The standard InChI is InChI=1S/C18H19N3O4S/c1-11(2)24-13-8-12(16(22)21-18-20-6-7-26-18)9-14(10-13)25-15-4-3-5-19-17(15)23/h3-5,8-11H,6-7H2,1-2H3,(H,19,23)(H,20,21,22). The quantitative estimate of drug-likeness (QED) is 0.841. The Morgan fingerprint density at radius 1 is 1.31 bits per heavy atom. The Bertz CT molecular complexity index is 892. The molecular formula is C18H19N3O4S. The van der Waals surface area contributed by atoms with Gasteiger partial charge in [0.05, 0.1) is 12.6 Å². The minimum Gasteiger partial charge on any atom is -0.491 e. The van der Waals surface area contributed by atoms with Crippen molar-refractivity contribution in [2.75, 3.05) is 12.3 Å². The van der Waals surface area contributed by atoms with E-state index in [1.165, 1.54) is 18.0 Å². The number of aromatic nitrogens is 1. The van der Waals surface area contributed by atoms with Crippen LogP contribution >= 0.6 is 11.8 Å². The zero-order valence-corrected chi connectivity index (χ0v) is 15.3. The van der Waals surface area contributed by atoms with E-state index >= 15 is 0 Å². The monoisotopic (exact) mass is 373 g/mol. The van der Waals surface area contributed by atoms with Crippen molar-refractivity contribution in [3.63, 3.8) is 0 Å². The molecule has 3 rings (SSSR count). The lowest BCUT2D eigenvalue weighted by Crippen LogP contribution is -2.27. The Morgan fingerprint density at radius 2 is 2.12 bits per heavy atom. The third-order valence-electron chi connectivity index (χ3n) is 3.33. The molecule has 0 atom stereocenters. The van der Waals surface area contributed by atoms with Gasteiger partial charge in [-0.05, 0) is 38.1 Å². The second-order valence-corrected chi connectivity index (χ2v) is 6.90. The van der Waals surface area contributed by atoms with Crippen molar-refractivity contribution >= 4 is 22.8 Å². The summed E-state index contributed by atoms with van der Waals surface area (Å²) >= 11 is 1.50. The fraction of sp³-hybridized carbons (Fsp3) is 0.278. The molecule has 1 aromatic heterocycles. The summed E-state index contributed by atoms with van der Waals surface area (Å²) in [6.45, 7) is 4.47. The first-order chi connectivity index (χ1) is 12.5. The number of amidine groups is 1. The molecule has 1 amide bonds. The van der Waals surface area contributed by atoms with E-state index in [2.05, 4.69) is 15.3 Å². The van der Waals surface area contributed by atoms with Gasteiger partial charge in [-0.1, -0.05) is 11.8 Å². The van der Waals surface area contributed by atoms with Crippen molar-refractivity contribution in [2.24, 2.45) is 4.99 Å². The van der Waals surface area contributed by atoms with Crippen molar-refractivity contribution < 1.29 is 14.3 Å². The summed E-state index contributed by atoms with van der Waals surface area (Å²) in [5.41, 5.74) is 0.00565. The molecule has 7 nitrogen and oxygen atoms in total. The maximum atomic E-state index is 12.5. The first-order valence-electron chi connectivity index (χ1n) is 8.17. The van der Waals surface area contributed by atoms with Crippen LogP contribution in [0.25, 0.3) is 0 Å². The molecule has 0 saturated heterocycles. The highest BCUT2D eigenvalue weighted by molar-refractivity contribution is 8.14. The number of hydrogen-bond acceptors (Lipinski definition) is 6. The van der Waals surface area contributed by atoms with Crippen molar-refractivity contribution in [3.05, 3.63) is 52.4 Å². The Balaban J connectivity index is 1.89. The van der Waals surface area contributed by atoms with Crippen molar-refractivity contribution in [2.45, 2.75) is 20.0 Å². The van der Waals surface area contributed by atoms with Gasteiger partial charge in [0.2, 0.25) is 0 Å². The van der Waals surface area contributed by atoms with Crippen molar-refractivity contribution in [1.29, 1.82) is 0 Å². The number of carbonyl (C=O) groups is 1. The highest BCUT2D eigenvalue weighted by Gasteiger charge is 2.16. The topological polar surface area (TPSA) is 92.8 Å². The van der Waals surface area contributed by atoms with Crippen LogP contribution < -0.4 is 20.3 Å². The molecule has 0 saturated carbocycles. The van der Waals surface area contributed by atoms with E-state index < -0.39 is 0 Å². The predicted octanol–water partition coefficient (Wildman–Crippen LogP) is 2.79. The number of ether oxygens (including phenoxy) is 2. The van der Waals surface area contributed by atoms with Gasteiger partial charge in [-0.2, -0.15) is 0 Å². The number of aliphatic imine (C=N–C) groups is 1. The van der Waals surface area contributed by atoms with Crippen LogP contribution in [0.5, 0.6) is 17.2 Å². The molecular weight excluding hydrogens is 354 g/mol. The summed E-state index contributed by atoms with van der Waals surface area (Å²) in [6, 6.07) is 8.06. The van der Waals surface area contributed by atoms with Gasteiger partial charge in [0.25, 0.3) is 11.5 Å². The van der Waals surface area contributed by atoms with Gasteiger partial charge in [-0.3, -0.25) is 14.6 Å². The number of amides is 1. The van der Waals surface area contributed by atoms with E-state index in [1.54, 1.807) is 30.3 Å². The number of H-pyrrole nitrogens is 1. The molecule has 0 aliphatic carbocycles. The van der Waals surface area contributed by atoms with Gasteiger partial charge < -0.3 is 19.8 Å². The SMILES string of the molecule is CC(C)Oc1cc(Oc2ccc[nH]c2=O)cc(C(=O)NC2=NCCS2)c1. The largest absolute Gasteiger partial charge is 0.491 e. The summed E-state index contributed by atoms with van der Waals surface area (Å²) in [5, 5.41) is 3.38. The van der Waals surface area contributed by atoms with Gasteiger partial charge in [0.1, 0.15) is 11.5 Å². The zero-order chi connectivity index (χ0) is 18.5. The maximum Gasteiger partial charge on any atom is 0.290 e. The minimum atomic E-state index is -0.356. The van der Waals surface area contributed by atoms with Gasteiger partial charge in [0, 0.05) is 23.6 Å². The van der Waals surface area contributed by atoms with E-state index in [0.29, 0.717) is 28.8 Å². The summed E-state index contributed by atoms with van der Waals surface area (Å²) in [7, 11) is 0. The highest BCUT2D eigenvalue weighted by atomic mass is 32.2. The maximum absolute atomic E-state index is 12.5. The lowest BCUT2D eigenvalue weighted by molar-refractivity contribution is 0.0977. The van der Waals surface area contributed by atoms with Crippen LogP contribution in [0.15, 0.2) is 46.3 Å². The summed E-state index contributed by atoms with van der Waals surface area (Å²) in [5.74, 6) is 1.51. The van der Waals surface area contributed by atoms with Gasteiger partial charge in [-0.25, -0.2) is 0 Å². The number of nitrogens with one attached hydrogen (secondary N) is 2. The molecule has 0 fully saturated rings. The number of hydrogen-bond donors (Lipinski definition) is 2. The zero-order valence-electron chi connectivity index (χ0n) is 14.4. The number of aromatic amines is 1. The first-order valence-corrected chi connectivity index (χ1v) is 9.16. The molecule has 1 aliphatic rings. The Hall–Kier alpha value is -2.74. The number of pyridine rings is 1. The van der Waals surface area contributed by atoms with E-state index in [-0.39, 0.29) is 23.3 Å². The minimum absolute atomic E-state index is 0.0731. The average Bonchev–Trinajstić information content (AvgIpc) is 3.09. The summed E-state index contributed by atoms with van der Waals surface area (Å²) < 4.78 is 11.4. The molecule has 1 aliphatic heterocycles.